The number of amides is 1. The van der Waals surface area contributed by atoms with Crippen LogP contribution in [0.4, 0.5) is 23.2 Å². The summed E-state index contributed by atoms with van der Waals surface area (Å²) in [5, 5.41) is 2.78. The first-order chi connectivity index (χ1) is 17.4. The van der Waals surface area contributed by atoms with Gasteiger partial charge in [-0.15, -0.1) is 0 Å². The second-order valence-electron chi connectivity index (χ2n) is 8.70. The highest BCUT2D eigenvalue weighted by Gasteiger charge is 2.34. The molecule has 196 valence electrons. The molecule has 0 radical (unpaired) electrons. The number of methoxy groups -OCH3 is 1. The van der Waals surface area contributed by atoms with Crippen LogP contribution in [0.15, 0.2) is 59.5 Å². The predicted octanol–water partition coefficient (Wildman–Crippen LogP) is 5.09. The van der Waals surface area contributed by atoms with Crippen molar-refractivity contribution in [2.24, 2.45) is 0 Å². The molecule has 4 rings (SSSR count). The fourth-order valence-corrected chi connectivity index (χ4v) is 5.76. The number of nitrogens with zero attached hydrogens (tertiary/aromatic N) is 1. The van der Waals surface area contributed by atoms with Crippen molar-refractivity contribution < 1.29 is 35.5 Å². The van der Waals surface area contributed by atoms with E-state index in [1.165, 1.54) is 23.5 Å². The lowest BCUT2D eigenvalue weighted by molar-refractivity contribution is -0.140. The van der Waals surface area contributed by atoms with Crippen LogP contribution < -0.4 is 10.1 Å². The van der Waals surface area contributed by atoms with Gasteiger partial charge in [-0.2, -0.15) is 17.5 Å². The van der Waals surface area contributed by atoms with Crippen LogP contribution in [-0.2, 0) is 40.4 Å². The van der Waals surface area contributed by atoms with Crippen molar-refractivity contribution in [3.63, 3.8) is 0 Å². The molecule has 37 heavy (non-hydrogen) atoms. The molecule has 1 heterocycles. The van der Waals surface area contributed by atoms with Gasteiger partial charge in [0.1, 0.15) is 11.6 Å². The number of anilines is 1. The van der Waals surface area contributed by atoms with Crippen molar-refractivity contribution in [2.75, 3.05) is 19.0 Å². The zero-order chi connectivity index (χ0) is 27.0. The third-order valence-corrected chi connectivity index (χ3v) is 8.06. The SMILES string of the molecule is COc1cccc(S(=O)(=O)N2CCc3c(ccc(C)c3NC(=O)Cc3ccc(C(F)(F)F)c(F)c3)C2)c1. The van der Waals surface area contributed by atoms with Gasteiger partial charge in [-0.25, -0.2) is 12.8 Å². The van der Waals surface area contributed by atoms with Gasteiger partial charge < -0.3 is 10.1 Å². The summed E-state index contributed by atoms with van der Waals surface area (Å²) >= 11 is 0. The number of carbonyl (C=O) groups is 1. The van der Waals surface area contributed by atoms with E-state index in [9.17, 15) is 30.8 Å². The Hall–Kier alpha value is -3.44. The van der Waals surface area contributed by atoms with E-state index in [1.807, 2.05) is 0 Å². The second-order valence-corrected chi connectivity index (χ2v) is 10.6. The third-order valence-electron chi connectivity index (χ3n) is 6.22. The number of nitrogens with one attached hydrogen (secondary N) is 1. The number of fused-ring (bicyclic) bond motifs is 1. The van der Waals surface area contributed by atoms with Gasteiger partial charge in [-0.3, -0.25) is 4.79 Å². The molecule has 0 aliphatic carbocycles. The largest absolute Gasteiger partial charge is 0.497 e. The van der Waals surface area contributed by atoms with Crippen LogP contribution in [0, 0.1) is 12.7 Å². The first-order valence-electron chi connectivity index (χ1n) is 11.3. The first-order valence-corrected chi connectivity index (χ1v) is 12.7. The number of halogens is 4. The maximum atomic E-state index is 13.9. The van der Waals surface area contributed by atoms with E-state index < -0.39 is 33.5 Å². The first kappa shape index (κ1) is 26.6. The summed E-state index contributed by atoms with van der Waals surface area (Å²) in [6, 6.07) is 12.2. The van der Waals surface area contributed by atoms with Gasteiger partial charge in [0, 0.05) is 24.8 Å². The van der Waals surface area contributed by atoms with Crippen molar-refractivity contribution in [2.45, 2.75) is 37.4 Å². The maximum absolute atomic E-state index is 13.9. The molecule has 0 atom stereocenters. The molecule has 3 aromatic rings. The number of hydrogen-bond acceptors (Lipinski definition) is 4. The summed E-state index contributed by atoms with van der Waals surface area (Å²) in [7, 11) is -2.34. The smallest absolute Gasteiger partial charge is 0.419 e. The van der Waals surface area contributed by atoms with Crippen molar-refractivity contribution in [1.82, 2.24) is 4.31 Å². The molecule has 11 heteroatoms. The van der Waals surface area contributed by atoms with E-state index in [1.54, 1.807) is 31.2 Å². The molecular formula is C26H24F4N2O4S. The molecule has 1 aliphatic heterocycles. The molecular weight excluding hydrogens is 512 g/mol. The van der Waals surface area contributed by atoms with Gasteiger partial charge >= 0.3 is 6.18 Å². The molecule has 0 aromatic heterocycles. The van der Waals surface area contributed by atoms with E-state index in [-0.39, 0.29) is 30.0 Å². The maximum Gasteiger partial charge on any atom is 0.419 e. The van der Waals surface area contributed by atoms with Gasteiger partial charge in [0.05, 0.1) is 24.0 Å². The fraction of sp³-hybridized carbons (Fsp3) is 0.269. The Balaban J connectivity index is 1.53. The molecule has 0 spiro atoms. The number of benzene rings is 3. The van der Waals surface area contributed by atoms with Crippen molar-refractivity contribution in [1.29, 1.82) is 0 Å². The topological polar surface area (TPSA) is 75.7 Å². The molecule has 1 amide bonds. The highest BCUT2D eigenvalue weighted by molar-refractivity contribution is 7.89. The second kappa shape index (κ2) is 10.1. The van der Waals surface area contributed by atoms with Crippen LogP contribution in [0.2, 0.25) is 0 Å². The quantitative estimate of drug-likeness (QED) is 0.446. The summed E-state index contributed by atoms with van der Waals surface area (Å²) in [5.74, 6) is -1.54. The van der Waals surface area contributed by atoms with Crippen LogP contribution in [0.3, 0.4) is 0 Å². The highest BCUT2D eigenvalue weighted by Crippen LogP contribution is 2.33. The Morgan fingerprint density at radius 2 is 1.86 bits per heavy atom. The van der Waals surface area contributed by atoms with Crippen molar-refractivity contribution in [3.05, 3.63) is 88.2 Å². The normalized spacial score (nSPS) is 14.2. The molecule has 1 N–H and O–H groups in total. The highest BCUT2D eigenvalue weighted by atomic mass is 32.2. The van der Waals surface area contributed by atoms with E-state index in [2.05, 4.69) is 5.32 Å². The number of hydrogen-bond donors (Lipinski definition) is 1. The number of sulfonamides is 1. The molecule has 6 nitrogen and oxygen atoms in total. The van der Waals surface area contributed by atoms with Gasteiger partial charge in [-0.1, -0.05) is 24.3 Å². The third kappa shape index (κ3) is 5.62. The predicted molar refractivity (Wildman–Crippen MR) is 129 cm³/mol. The summed E-state index contributed by atoms with van der Waals surface area (Å²) in [5.41, 5.74) is 1.48. The molecule has 0 fully saturated rings. The van der Waals surface area contributed by atoms with E-state index in [0.717, 1.165) is 22.8 Å². The van der Waals surface area contributed by atoms with E-state index in [0.29, 0.717) is 30.0 Å². The summed E-state index contributed by atoms with van der Waals surface area (Å²) in [4.78, 5) is 12.8. The lowest BCUT2D eigenvalue weighted by Crippen LogP contribution is -2.36. The lowest BCUT2D eigenvalue weighted by atomic mass is 9.95. The van der Waals surface area contributed by atoms with Gasteiger partial charge in [-0.05, 0) is 59.9 Å². The Kier molecular flexibility index (Phi) is 7.29. The monoisotopic (exact) mass is 536 g/mol. The fourth-order valence-electron chi connectivity index (χ4n) is 4.30. The lowest BCUT2D eigenvalue weighted by Gasteiger charge is -2.30. The molecule has 0 saturated carbocycles. The number of aryl methyl sites for hydroxylation is 1. The van der Waals surface area contributed by atoms with Gasteiger partial charge in [0.2, 0.25) is 15.9 Å². The minimum Gasteiger partial charge on any atom is -0.497 e. The standard InChI is InChI=1S/C26H24F4N2O4S/c1-16-6-8-18-15-32(37(34,35)20-5-3-4-19(14-20)36-2)11-10-21(18)25(16)31-24(33)13-17-7-9-22(23(27)12-17)26(28,29)30/h3-9,12,14H,10-11,13,15H2,1-2H3,(H,31,33). The van der Waals surface area contributed by atoms with Crippen LogP contribution in [0.5, 0.6) is 5.75 Å². The van der Waals surface area contributed by atoms with E-state index in [4.69, 9.17) is 4.74 Å². The minimum absolute atomic E-state index is 0.0982. The summed E-state index contributed by atoms with van der Waals surface area (Å²) < 4.78 is 85.2. The zero-order valence-corrected chi connectivity index (χ0v) is 20.8. The van der Waals surface area contributed by atoms with Crippen LogP contribution in [0.1, 0.15) is 27.8 Å². The van der Waals surface area contributed by atoms with Crippen molar-refractivity contribution in [3.8, 4) is 5.75 Å². The minimum atomic E-state index is -4.82. The summed E-state index contributed by atoms with van der Waals surface area (Å²) in [6.07, 6.45) is -4.81. The Bertz CT molecular complexity index is 1460. The average Bonchev–Trinajstić information content (AvgIpc) is 2.84. The van der Waals surface area contributed by atoms with E-state index >= 15 is 0 Å². The number of rotatable bonds is 6. The van der Waals surface area contributed by atoms with Crippen LogP contribution in [0.25, 0.3) is 0 Å². The molecule has 1 aliphatic rings. The Morgan fingerprint density at radius 3 is 2.54 bits per heavy atom. The van der Waals surface area contributed by atoms with Crippen LogP contribution in [-0.4, -0.2) is 32.3 Å². The molecule has 0 bridgehead atoms. The molecule has 0 unspecified atom stereocenters. The Morgan fingerprint density at radius 1 is 1.11 bits per heavy atom. The molecule has 3 aromatic carbocycles. The summed E-state index contributed by atoms with van der Waals surface area (Å²) in [6.45, 7) is 2.07. The van der Waals surface area contributed by atoms with Crippen LogP contribution >= 0.6 is 0 Å². The number of carbonyl (C=O) groups excluding carboxylic acids is 1. The Labute approximate surface area is 211 Å². The van der Waals surface area contributed by atoms with Crippen molar-refractivity contribution >= 4 is 21.6 Å². The van der Waals surface area contributed by atoms with Gasteiger partial charge in [0.25, 0.3) is 0 Å². The number of ether oxygens (including phenoxy) is 1. The zero-order valence-electron chi connectivity index (χ0n) is 20.0. The average molecular weight is 537 g/mol. The van der Waals surface area contributed by atoms with Gasteiger partial charge in [0.15, 0.2) is 0 Å². The molecule has 0 saturated heterocycles. The number of alkyl halides is 3.